The summed E-state index contributed by atoms with van der Waals surface area (Å²) in [5.74, 6) is 1.64. The van der Waals surface area contributed by atoms with Crippen molar-refractivity contribution >= 4 is 17.1 Å². The fourth-order valence-electron chi connectivity index (χ4n) is 5.27. The van der Waals surface area contributed by atoms with Gasteiger partial charge in [0.1, 0.15) is 11.5 Å². The summed E-state index contributed by atoms with van der Waals surface area (Å²) in [7, 11) is 4.27. The van der Waals surface area contributed by atoms with Crippen molar-refractivity contribution < 1.29 is 4.74 Å². The van der Waals surface area contributed by atoms with Crippen LogP contribution in [0.1, 0.15) is 19.4 Å². The summed E-state index contributed by atoms with van der Waals surface area (Å²) < 4.78 is 6.55. The number of hydrogen-bond donors (Lipinski definition) is 0. The summed E-state index contributed by atoms with van der Waals surface area (Å²) in [5.41, 5.74) is 7.01. The maximum Gasteiger partial charge on any atom is 0.130 e. The second-order valence-electron chi connectivity index (χ2n) is 10.7. The Morgan fingerprint density at radius 2 is 1.42 bits per heavy atom. The van der Waals surface area contributed by atoms with E-state index in [0.29, 0.717) is 0 Å². The second kappa shape index (κ2) is 9.58. The smallest absolute Gasteiger partial charge is 0.130 e. The summed E-state index contributed by atoms with van der Waals surface area (Å²) in [4.78, 5) is 9.15. The Balaban J connectivity index is 1.41. The summed E-state index contributed by atoms with van der Waals surface area (Å²) in [6, 6.07) is 34.1. The lowest BCUT2D eigenvalue weighted by molar-refractivity contribution is 0.150. The summed E-state index contributed by atoms with van der Waals surface area (Å²) in [6.45, 7) is 6.19. The van der Waals surface area contributed by atoms with Gasteiger partial charge < -0.3 is 19.4 Å². The van der Waals surface area contributed by atoms with Crippen LogP contribution in [0, 0.1) is 0 Å². The van der Waals surface area contributed by atoms with Crippen LogP contribution in [0.15, 0.2) is 109 Å². The zero-order valence-corrected chi connectivity index (χ0v) is 22.5. The van der Waals surface area contributed by atoms with Crippen LogP contribution >= 0.6 is 0 Å². The molecule has 0 atom stereocenters. The van der Waals surface area contributed by atoms with Crippen LogP contribution in [0.25, 0.3) is 11.1 Å². The molecule has 0 unspecified atom stereocenters. The Bertz CT molecular complexity index is 1480. The van der Waals surface area contributed by atoms with Crippen molar-refractivity contribution in [1.29, 1.82) is 0 Å². The number of fused-ring (bicyclic) bond motifs is 1. The van der Waals surface area contributed by atoms with Gasteiger partial charge in [0.05, 0.1) is 13.3 Å². The number of para-hydroxylation sites is 1. The molecule has 5 nitrogen and oxygen atoms in total. The molecule has 0 spiro atoms. The van der Waals surface area contributed by atoms with Gasteiger partial charge in [-0.15, -0.1) is 0 Å². The van der Waals surface area contributed by atoms with Crippen LogP contribution in [0.3, 0.4) is 0 Å². The predicted molar refractivity (Wildman–Crippen MR) is 157 cm³/mol. The fourth-order valence-corrected chi connectivity index (χ4v) is 5.27. The molecule has 6 rings (SSSR count). The minimum Gasteiger partial charge on any atom is -0.457 e. The molecule has 5 heteroatoms. The van der Waals surface area contributed by atoms with Crippen LogP contribution in [0.4, 0.5) is 17.1 Å². The first kappa shape index (κ1) is 24.1. The van der Waals surface area contributed by atoms with Gasteiger partial charge in [0.2, 0.25) is 0 Å². The van der Waals surface area contributed by atoms with Crippen molar-refractivity contribution in [3.8, 4) is 22.6 Å². The van der Waals surface area contributed by atoms with Gasteiger partial charge in [0.15, 0.2) is 0 Å². The van der Waals surface area contributed by atoms with E-state index < -0.39 is 0 Å². The Kier molecular flexibility index (Phi) is 6.09. The van der Waals surface area contributed by atoms with Crippen LogP contribution in [0.2, 0.25) is 0 Å². The number of benzene rings is 4. The molecule has 4 aromatic rings. The van der Waals surface area contributed by atoms with Crippen molar-refractivity contribution in [1.82, 2.24) is 9.80 Å². The molecule has 192 valence electrons. The molecule has 38 heavy (non-hydrogen) atoms. The highest BCUT2D eigenvalue weighted by Gasteiger charge is 2.35. The molecular weight excluding hydrogens is 468 g/mol. The molecule has 0 aromatic heterocycles. The second-order valence-corrected chi connectivity index (χ2v) is 10.7. The van der Waals surface area contributed by atoms with E-state index in [1.165, 1.54) is 11.3 Å². The number of anilines is 3. The summed E-state index contributed by atoms with van der Waals surface area (Å²) in [6.07, 6.45) is 4.18. The highest BCUT2D eigenvalue weighted by Crippen LogP contribution is 2.44. The summed E-state index contributed by atoms with van der Waals surface area (Å²) >= 11 is 0. The minimum atomic E-state index is -0.0536. The SMILES string of the molecule is CN1C=CN(c2cccc(Oc3cc(-c4ccccc4)cc(N4CN(C)C(C)(C)c5ccccc54)c3)c2)C1. The molecule has 0 radical (unpaired) electrons. The van der Waals surface area contributed by atoms with E-state index in [0.717, 1.165) is 47.3 Å². The predicted octanol–water partition coefficient (Wildman–Crippen LogP) is 7.60. The van der Waals surface area contributed by atoms with E-state index >= 15 is 0 Å². The lowest BCUT2D eigenvalue weighted by Crippen LogP contribution is -2.49. The molecule has 0 saturated heterocycles. The highest BCUT2D eigenvalue weighted by atomic mass is 16.5. The topological polar surface area (TPSA) is 22.2 Å². The molecule has 2 heterocycles. The summed E-state index contributed by atoms with van der Waals surface area (Å²) in [5, 5.41) is 0. The maximum atomic E-state index is 6.55. The van der Waals surface area contributed by atoms with Gasteiger partial charge in [-0.05, 0) is 67.9 Å². The standard InChI is InChI=1S/C33H34N4O/c1-33(2)31-15-8-9-16-32(31)37(24-35(33)4)28-19-26(25-11-6-5-7-12-25)20-30(22-28)38-29-14-10-13-27(21-29)36-18-17-34(3)23-36/h5-22H,23-24H2,1-4H3. The Labute approximate surface area is 225 Å². The zero-order chi connectivity index (χ0) is 26.3. The third kappa shape index (κ3) is 4.50. The molecule has 4 aromatic carbocycles. The van der Waals surface area contributed by atoms with Crippen LogP contribution < -0.4 is 14.5 Å². The molecule has 0 fully saturated rings. The highest BCUT2D eigenvalue weighted by molar-refractivity contribution is 5.76. The van der Waals surface area contributed by atoms with Crippen molar-refractivity contribution in [3.63, 3.8) is 0 Å². The largest absolute Gasteiger partial charge is 0.457 e. The quantitative estimate of drug-likeness (QED) is 0.279. The molecule has 2 aliphatic rings. The van der Waals surface area contributed by atoms with Crippen molar-refractivity contribution in [2.24, 2.45) is 0 Å². The third-order valence-corrected chi connectivity index (χ3v) is 7.73. The van der Waals surface area contributed by atoms with Crippen molar-refractivity contribution in [2.75, 3.05) is 37.2 Å². The maximum absolute atomic E-state index is 6.55. The number of nitrogens with zero attached hydrogens (tertiary/aromatic N) is 4. The molecule has 0 bridgehead atoms. The van der Waals surface area contributed by atoms with E-state index in [1.54, 1.807) is 0 Å². The van der Waals surface area contributed by atoms with Crippen molar-refractivity contribution in [2.45, 2.75) is 19.4 Å². The normalized spacial score (nSPS) is 16.6. The first-order valence-corrected chi connectivity index (χ1v) is 13.1. The fraction of sp³-hybridized carbons (Fsp3) is 0.212. The van der Waals surface area contributed by atoms with Gasteiger partial charge in [-0.3, -0.25) is 4.90 Å². The van der Waals surface area contributed by atoms with Gasteiger partial charge in [0, 0.05) is 54.2 Å². The molecule has 2 aliphatic heterocycles. The van der Waals surface area contributed by atoms with E-state index in [4.69, 9.17) is 4.74 Å². The Morgan fingerprint density at radius 3 is 2.21 bits per heavy atom. The zero-order valence-electron chi connectivity index (χ0n) is 22.5. The van der Waals surface area contributed by atoms with E-state index in [1.807, 2.05) is 6.07 Å². The van der Waals surface area contributed by atoms with Gasteiger partial charge >= 0.3 is 0 Å². The van der Waals surface area contributed by atoms with Gasteiger partial charge in [-0.25, -0.2) is 0 Å². The lowest BCUT2D eigenvalue weighted by Gasteiger charge is -2.47. The van der Waals surface area contributed by atoms with E-state index in [-0.39, 0.29) is 5.54 Å². The monoisotopic (exact) mass is 502 g/mol. The number of hydrogen-bond acceptors (Lipinski definition) is 5. The first-order valence-electron chi connectivity index (χ1n) is 13.1. The van der Waals surface area contributed by atoms with Gasteiger partial charge in [-0.2, -0.15) is 0 Å². The van der Waals surface area contributed by atoms with Crippen molar-refractivity contribution in [3.05, 3.63) is 115 Å². The number of rotatable bonds is 5. The Morgan fingerprint density at radius 1 is 0.658 bits per heavy atom. The number of ether oxygens (including phenoxy) is 1. The molecule has 0 aliphatic carbocycles. The molecular formula is C33H34N4O. The molecule has 0 amide bonds. The van der Waals surface area contributed by atoms with Crippen LogP contribution in [-0.2, 0) is 5.54 Å². The molecule has 0 saturated carbocycles. The van der Waals surface area contributed by atoms with Gasteiger partial charge in [-0.1, -0.05) is 54.6 Å². The average Bonchev–Trinajstić information content (AvgIpc) is 3.38. The van der Waals surface area contributed by atoms with Gasteiger partial charge in [0.25, 0.3) is 0 Å². The first-order chi connectivity index (χ1) is 18.4. The average molecular weight is 503 g/mol. The van der Waals surface area contributed by atoms with Crippen LogP contribution in [-0.4, -0.2) is 37.2 Å². The van der Waals surface area contributed by atoms with E-state index in [2.05, 4.69) is 151 Å². The minimum absolute atomic E-state index is 0.0536. The lowest BCUT2D eigenvalue weighted by atomic mass is 9.88. The van der Waals surface area contributed by atoms with Crippen LogP contribution in [0.5, 0.6) is 11.5 Å². The Hall–Kier alpha value is -4.22. The van der Waals surface area contributed by atoms with E-state index in [9.17, 15) is 0 Å². The molecule has 0 N–H and O–H groups in total. The third-order valence-electron chi connectivity index (χ3n) is 7.73.